The van der Waals surface area contributed by atoms with Crippen LogP contribution >= 0.6 is 0 Å². The number of rotatable bonds is 4. The molecular formula is C10H11NO4. The van der Waals surface area contributed by atoms with E-state index < -0.39 is 5.97 Å². The van der Waals surface area contributed by atoms with Crippen LogP contribution in [0, 0.1) is 0 Å². The quantitative estimate of drug-likeness (QED) is 0.489. The number of benzene rings is 1. The first kappa shape index (κ1) is 11.0. The smallest absolute Gasteiger partial charge is 0.322 e. The molecular weight excluding hydrogens is 201 g/mol. The fraction of sp³-hybridized carbons (Fsp3) is 0.200. The van der Waals surface area contributed by atoms with Gasteiger partial charge in [0.05, 0.1) is 6.42 Å². The molecule has 5 nitrogen and oxygen atoms in total. The summed E-state index contributed by atoms with van der Waals surface area (Å²) in [6, 6.07) is 6.16. The maximum Gasteiger partial charge on any atom is 0.322 e. The van der Waals surface area contributed by atoms with E-state index in [0.717, 1.165) is 5.56 Å². The number of phenols is 1. The maximum atomic E-state index is 11.2. The van der Waals surface area contributed by atoms with Gasteiger partial charge in [0.25, 0.3) is 0 Å². The van der Waals surface area contributed by atoms with E-state index in [-0.39, 0.29) is 24.6 Å². The molecule has 0 aliphatic heterocycles. The minimum absolute atomic E-state index is 0.105. The zero-order valence-electron chi connectivity index (χ0n) is 7.93. The zero-order chi connectivity index (χ0) is 11.3. The highest BCUT2D eigenvalue weighted by molar-refractivity contribution is 5.82. The van der Waals surface area contributed by atoms with Gasteiger partial charge >= 0.3 is 5.97 Å². The molecule has 0 fully saturated rings. The van der Waals surface area contributed by atoms with Crippen LogP contribution in [0.25, 0.3) is 0 Å². The number of carboxylic acid groups (broad SMARTS) is 1. The van der Waals surface area contributed by atoms with Crippen LogP contribution in [0.15, 0.2) is 24.3 Å². The first-order valence-electron chi connectivity index (χ1n) is 4.34. The molecule has 0 atom stereocenters. The fourth-order valence-corrected chi connectivity index (χ4v) is 1.04. The molecule has 0 bridgehead atoms. The minimum Gasteiger partial charge on any atom is -0.508 e. The average molecular weight is 212 g/mol. The van der Waals surface area contributed by atoms with E-state index in [9.17, 15) is 9.59 Å². The van der Waals surface area contributed by atoms with Crippen LogP contribution in [-0.4, -0.2) is 28.6 Å². The summed E-state index contributed by atoms with van der Waals surface area (Å²) in [6.07, 6.45) is 0.105. The lowest BCUT2D eigenvalue weighted by Gasteiger charge is -2.02. The van der Waals surface area contributed by atoms with E-state index >= 15 is 0 Å². The van der Waals surface area contributed by atoms with E-state index in [2.05, 4.69) is 5.32 Å². The van der Waals surface area contributed by atoms with Crippen molar-refractivity contribution in [2.24, 2.45) is 0 Å². The maximum absolute atomic E-state index is 11.2. The molecule has 1 aromatic carbocycles. The van der Waals surface area contributed by atoms with Crippen molar-refractivity contribution in [1.82, 2.24) is 5.32 Å². The Balaban J connectivity index is 2.44. The molecule has 0 radical (unpaired) electrons. The standard InChI is InChI=1S/C10H11NO4/c12-8-3-1-7(2-4-8)5-9(13)11-6-10(14)15/h1-4,12H,5-6H2,(H,11,13)(H,14,15)/i6+1,10+1,11+1. The molecule has 1 aromatic rings. The predicted molar refractivity (Wildman–Crippen MR) is 52.5 cm³/mol. The van der Waals surface area contributed by atoms with Gasteiger partial charge in [0.2, 0.25) is 5.91 Å². The number of phenolic OH excluding ortho intramolecular Hbond substituents is 1. The second-order valence-electron chi connectivity index (χ2n) is 3.01. The molecule has 0 saturated carbocycles. The summed E-state index contributed by atoms with van der Waals surface area (Å²) in [5.74, 6) is -1.30. The van der Waals surface area contributed by atoms with Crippen LogP contribution < -0.4 is 5.32 Å². The summed E-state index contributed by atoms with van der Waals surface area (Å²) in [6.45, 7) is -0.378. The Kier molecular flexibility index (Phi) is 3.68. The van der Waals surface area contributed by atoms with Gasteiger partial charge in [-0.2, -0.15) is 0 Å². The number of aromatic hydroxyl groups is 1. The summed E-state index contributed by atoms with van der Waals surface area (Å²) in [7, 11) is 0. The third-order valence-electron chi connectivity index (χ3n) is 1.74. The van der Waals surface area contributed by atoms with E-state index in [0.29, 0.717) is 0 Å². The normalized spacial score (nSPS) is 9.60. The van der Waals surface area contributed by atoms with Gasteiger partial charge in [0, 0.05) is 0 Å². The van der Waals surface area contributed by atoms with E-state index in [1.54, 1.807) is 12.1 Å². The molecule has 0 aromatic heterocycles. The molecule has 1 amide bonds. The molecule has 1 rings (SSSR count). The molecule has 0 heterocycles. The van der Waals surface area contributed by atoms with Gasteiger partial charge in [-0.15, -0.1) is 0 Å². The van der Waals surface area contributed by atoms with Crippen LogP contribution in [-0.2, 0) is 16.0 Å². The molecule has 0 saturated heterocycles. The van der Waals surface area contributed by atoms with Gasteiger partial charge < -0.3 is 15.5 Å². The van der Waals surface area contributed by atoms with Gasteiger partial charge in [-0.3, -0.25) is 9.59 Å². The van der Waals surface area contributed by atoms with Crippen molar-refractivity contribution < 1.29 is 19.8 Å². The van der Waals surface area contributed by atoms with E-state index in [4.69, 9.17) is 10.2 Å². The molecule has 0 spiro atoms. The van der Waals surface area contributed by atoms with Crippen molar-refractivity contribution in [3.05, 3.63) is 29.8 Å². The molecule has 0 unspecified atom stereocenters. The van der Waals surface area contributed by atoms with Crippen molar-refractivity contribution in [3.8, 4) is 5.75 Å². The highest BCUT2D eigenvalue weighted by Gasteiger charge is 2.04. The van der Waals surface area contributed by atoms with Gasteiger partial charge in [0.1, 0.15) is 12.3 Å². The van der Waals surface area contributed by atoms with Crippen LogP contribution in [0.4, 0.5) is 0 Å². The Morgan fingerprint density at radius 3 is 2.33 bits per heavy atom. The number of carboxylic acids is 1. The summed E-state index contributed by atoms with van der Waals surface area (Å²) < 4.78 is 0. The number of aliphatic carboxylic acids is 1. The van der Waals surface area contributed by atoms with Gasteiger partial charge in [0.15, 0.2) is 0 Å². The molecule has 80 valence electrons. The highest BCUT2D eigenvalue weighted by atomic mass is 16.5. The monoisotopic (exact) mass is 212 g/mol. The third kappa shape index (κ3) is 4.12. The largest absolute Gasteiger partial charge is 0.508 e. The second-order valence-corrected chi connectivity index (χ2v) is 3.01. The molecule has 0 aliphatic carbocycles. The Bertz CT molecular complexity index is 358. The summed E-state index contributed by atoms with van der Waals surface area (Å²) in [5, 5.41) is 19.5. The number of hydrogen-bond donors (Lipinski definition) is 3. The SMILES string of the molecule is O=C(Cc1ccc(O)cc1)[15NH][13CH2][13C](=O)O. The highest BCUT2D eigenvalue weighted by Crippen LogP contribution is 2.09. The Hall–Kier alpha value is -2.04. The third-order valence-corrected chi connectivity index (χ3v) is 1.74. The molecule has 5 heteroatoms. The molecule has 15 heavy (non-hydrogen) atoms. The van der Waals surface area contributed by atoms with Gasteiger partial charge in [-0.1, -0.05) is 12.1 Å². The van der Waals surface area contributed by atoms with Crippen LogP contribution in [0.2, 0.25) is 0 Å². The Labute approximate surface area is 86.4 Å². The van der Waals surface area contributed by atoms with E-state index in [1.807, 2.05) is 0 Å². The summed E-state index contributed by atoms with van der Waals surface area (Å²) in [4.78, 5) is 21.3. The first-order chi connectivity index (χ1) is 7.08. The topological polar surface area (TPSA) is 86.6 Å². The van der Waals surface area contributed by atoms with Crippen molar-refractivity contribution in [1.29, 1.82) is 0 Å². The lowest BCUT2D eigenvalue weighted by Crippen LogP contribution is -2.30. The fourth-order valence-electron chi connectivity index (χ4n) is 1.04. The Morgan fingerprint density at radius 1 is 1.20 bits per heavy atom. The average Bonchev–Trinajstić information content (AvgIpc) is 2.19. The minimum atomic E-state index is -1.07. The van der Waals surface area contributed by atoms with E-state index in [1.165, 1.54) is 12.1 Å². The zero-order valence-corrected chi connectivity index (χ0v) is 7.93. The van der Waals surface area contributed by atoms with Gasteiger partial charge in [-0.25, -0.2) is 0 Å². The lowest BCUT2D eigenvalue weighted by molar-refractivity contribution is -0.137. The second kappa shape index (κ2) is 4.99. The van der Waals surface area contributed by atoms with Crippen LogP contribution in [0.5, 0.6) is 5.75 Å². The van der Waals surface area contributed by atoms with Crippen molar-refractivity contribution in [2.75, 3.05) is 6.54 Å². The first-order valence-corrected chi connectivity index (χ1v) is 4.34. The van der Waals surface area contributed by atoms with Gasteiger partial charge in [-0.05, 0) is 17.7 Å². The number of carbonyl (C=O) groups is 2. The molecule has 0 aliphatic rings. The number of amides is 1. The predicted octanol–water partition coefficient (Wildman–Crippen LogP) is 0.135. The Morgan fingerprint density at radius 2 is 1.80 bits per heavy atom. The molecule has 3 N–H and O–H groups in total. The lowest BCUT2D eigenvalue weighted by atomic mass is 10.1. The van der Waals surface area contributed by atoms with Crippen molar-refractivity contribution >= 4 is 11.9 Å². The van der Waals surface area contributed by atoms with Crippen molar-refractivity contribution in [2.45, 2.75) is 6.42 Å². The van der Waals surface area contributed by atoms with Crippen molar-refractivity contribution in [3.63, 3.8) is 0 Å². The van der Waals surface area contributed by atoms with Crippen LogP contribution in [0.1, 0.15) is 5.56 Å². The number of hydrogen-bond acceptors (Lipinski definition) is 3. The number of nitrogens with one attached hydrogen (secondary N) is 1. The van der Waals surface area contributed by atoms with Crippen LogP contribution in [0.3, 0.4) is 0 Å². The summed E-state index contributed by atoms with van der Waals surface area (Å²) >= 11 is 0. The summed E-state index contributed by atoms with van der Waals surface area (Å²) in [5.41, 5.74) is 0.718. The number of carbonyl (C=O) groups excluding carboxylic acids is 1.